The van der Waals surface area contributed by atoms with Crippen LogP contribution in [0.15, 0.2) is 0 Å². The van der Waals surface area contributed by atoms with Crippen molar-refractivity contribution in [3.63, 3.8) is 0 Å². The fourth-order valence-corrected chi connectivity index (χ4v) is 0. The van der Waals surface area contributed by atoms with Crippen molar-refractivity contribution < 1.29 is 0 Å². The second-order valence-electron chi connectivity index (χ2n) is 0.408. The molecule has 22 valence electrons. The molecule has 0 fully saturated rings. The predicted molar refractivity (Wildman–Crippen MR) is 27.4 cm³/mol. The van der Waals surface area contributed by atoms with E-state index in [1.807, 2.05) is 0 Å². The molecule has 0 bridgehead atoms. The van der Waals surface area contributed by atoms with E-state index in [-0.39, 0.29) is 29.6 Å². The van der Waals surface area contributed by atoms with Gasteiger partial charge in [-0.2, -0.15) is 0 Å². The van der Waals surface area contributed by atoms with E-state index in [0.717, 1.165) is 0 Å². The standard InChI is InChI=1S/C2H7P.Na.H/c1-2-3;;/h2-3H2,1H3;;. The normalized spacial score (nSPS) is 4.50. The van der Waals surface area contributed by atoms with E-state index in [2.05, 4.69) is 16.2 Å². The van der Waals surface area contributed by atoms with Gasteiger partial charge in [0, 0.05) is 0 Å². The monoisotopic (exact) mass is 86.0 g/mol. The molecule has 0 aliphatic heterocycles. The van der Waals surface area contributed by atoms with Gasteiger partial charge in [-0.15, -0.1) is 9.24 Å². The fraction of sp³-hybridized carbons (Fsp3) is 1.00. The van der Waals surface area contributed by atoms with Crippen LogP contribution in [-0.4, -0.2) is 35.7 Å². The van der Waals surface area contributed by atoms with Gasteiger partial charge in [0.2, 0.25) is 0 Å². The summed E-state index contributed by atoms with van der Waals surface area (Å²) in [5.74, 6) is 0. The van der Waals surface area contributed by atoms with Crippen LogP contribution in [0.5, 0.6) is 0 Å². The molecule has 0 rings (SSSR count). The van der Waals surface area contributed by atoms with E-state index in [0.29, 0.717) is 0 Å². The topological polar surface area (TPSA) is 0 Å². The molecule has 0 saturated heterocycles. The molecule has 0 saturated carbocycles. The number of hydrogen-bond donors (Lipinski definition) is 0. The molecule has 0 spiro atoms. The molecule has 0 radical (unpaired) electrons. The first kappa shape index (κ1) is 9.06. The van der Waals surface area contributed by atoms with E-state index in [4.69, 9.17) is 0 Å². The van der Waals surface area contributed by atoms with Crippen molar-refractivity contribution in [1.82, 2.24) is 0 Å². The molecule has 0 aliphatic rings. The zero-order valence-corrected chi connectivity index (χ0v) is 3.44. The third-order valence-corrected chi connectivity index (χ3v) is 0. The first-order chi connectivity index (χ1) is 1.41. The van der Waals surface area contributed by atoms with Gasteiger partial charge in [0.15, 0.2) is 0 Å². The first-order valence-electron chi connectivity index (χ1n) is 1.12. The van der Waals surface area contributed by atoms with Crippen molar-refractivity contribution >= 4 is 38.8 Å². The van der Waals surface area contributed by atoms with Gasteiger partial charge in [0.1, 0.15) is 0 Å². The Labute approximate surface area is 51.8 Å². The zero-order chi connectivity index (χ0) is 2.71. The second kappa shape index (κ2) is 8.83. The summed E-state index contributed by atoms with van der Waals surface area (Å²) < 4.78 is 0. The van der Waals surface area contributed by atoms with Crippen LogP contribution in [0.2, 0.25) is 0 Å². The molecule has 0 N–H and O–H groups in total. The molecule has 0 aromatic carbocycles. The average molecular weight is 86.0 g/mol. The van der Waals surface area contributed by atoms with Crippen molar-refractivity contribution in [3.8, 4) is 0 Å². The number of rotatable bonds is 0. The summed E-state index contributed by atoms with van der Waals surface area (Å²) in [6, 6.07) is 0. The molecule has 0 aliphatic carbocycles. The molecule has 4 heavy (non-hydrogen) atoms. The third-order valence-electron chi connectivity index (χ3n) is 0. The van der Waals surface area contributed by atoms with E-state index in [1.54, 1.807) is 0 Å². The Morgan fingerprint density at radius 3 is 1.75 bits per heavy atom. The van der Waals surface area contributed by atoms with Crippen molar-refractivity contribution in [3.05, 3.63) is 0 Å². The van der Waals surface area contributed by atoms with Crippen molar-refractivity contribution in [2.24, 2.45) is 0 Å². The zero-order valence-electron chi connectivity index (χ0n) is 2.28. The van der Waals surface area contributed by atoms with Gasteiger partial charge in [-0.05, 0) is 6.16 Å². The third kappa shape index (κ3) is 9.90. The Morgan fingerprint density at radius 2 is 1.75 bits per heavy atom. The van der Waals surface area contributed by atoms with Crippen LogP contribution in [0.3, 0.4) is 0 Å². The van der Waals surface area contributed by atoms with Crippen LogP contribution in [-0.2, 0) is 0 Å². The summed E-state index contributed by atoms with van der Waals surface area (Å²) in [5.41, 5.74) is 0. The van der Waals surface area contributed by atoms with Crippen LogP contribution in [0.4, 0.5) is 0 Å². The van der Waals surface area contributed by atoms with Crippen molar-refractivity contribution in [2.45, 2.75) is 6.92 Å². The maximum atomic E-state index is 2.58. The Bertz CT molecular complexity index is 6.00. The van der Waals surface area contributed by atoms with Gasteiger partial charge in [-0.25, -0.2) is 0 Å². The average Bonchev–Trinajstić information content (AvgIpc) is 0.918. The Kier molecular flexibility index (Phi) is 20.0. The SMILES string of the molecule is CCP.[NaH]. The molecule has 0 heterocycles. The Morgan fingerprint density at radius 1 is 1.75 bits per heavy atom. The molecular formula is C2H8NaP. The summed E-state index contributed by atoms with van der Waals surface area (Å²) in [6.07, 6.45) is 1.17. The molecule has 0 aromatic heterocycles. The van der Waals surface area contributed by atoms with Crippen LogP contribution in [0.25, 0.3) is 0 Å². The van der Waals surface area contributed by atoms with Crippen molar-refractivity contribution in [1.29, 1.82) is 0 Å². The van der Waals surface area contributed by atoms with Crippen LogP contribution in [0.1, 0.15) is 6.92 Å². The van der Waals surface area contributed by atoms with E-state index in [1.165, 1.54) is 6.16 Å². The van der Waals surface area contributed by atoms with E-state index < -0.39 is 0 Å². The summed E-state index contributed by atoms with van der Waals surface area (Å²) in [5, 5.41) is 0. The molecule has 1 atom stereocenters. The van der Waals surface area contributed by atoms with Gasteiger partial charge in [0.25, 0.3) is 0 Å². The van der Waals surface area contributed by atoms with Gasteiger partial charge in [-0.1, -0.05) is 6.92 Å². The van der Waals surface area contributed by atoms with Gasteiger partial charge < -0.3 is 0 Å². The van der Waals surface area contributed by atoms with E-state index in [9.17, 15) is 0 Å². The van der Waals surface area contributed by atoms with Crippen LogP contribution in [0, 0.1) is 0 Å². The summed E-state index contributed by atoms with van der Waals surface area (Å²) in [6.45, 7) is 2.09. The second-order valence-corrected chi connectivity index (χ2v) is 1.22. The van der Waals surface area contributed by atoms with Gasteiger partial charge >= 0.3 is 29.6 Å². The Balaban J connectivity index is 0. The summed E-state index contributed by atoms with van der Waals surface area (Å²) in [4.78, 5) is 0. The first-order valence-corrected chi connectivity index (χ1v) is 1.93. The van der Waals surface area contributed by atoms with Crippen LogP contribution < -0.4 is 0 Å². The van der Waals surface area contributed by atoms with Gasteiger partial charge in [-0.3, -0.25) is 0 Å². The molecular weight excluding hydrogens is 78.0 g/mol. The molecule has 1 unspecified atom stereocenters. The fourth-order valence-electron chi connectivity index (χ4n) is 0. The predicted octanol–water partition coefficient (Wildman–Crippen LogP) is 0.233. The number of hydrogen-bond acceptors (Lipinski definition) is 0. The molecule has 0 aromatic rings. The van der Waals surface area contributed by atoms with E-state index >= 15 is 0 Å². The van der Waals surface area contributed by atoms with Crippen LogP contribution >= 0.6 is 9.24 Å². The molecule has 0 amide bonds. The maximum absolute atomic E-state index is 2.58. The quantitative estimate of drug-likeness (QED) is 0.292. The molecule has 2 heteroatoms. The summed E-state index contributed by atoms with van der Waals surface area (Å²) >= 11 is 0. The molecule has 0 nitrogen and oxygen atoms in total. The van der Waals surface area contributed by atoms with Gasteiger partial charge in [0.05, 0.1) is 0 Å². The minimum atomic E-state index is 0. The Hall–Kier alpha value is 1.43. The summed E-state index contributed by atoms with van der Waals surface area (Å²) in [7, 11) is 2.58. The minimum absolute atomic E-state index is 0. The van der Waals surface area contributed by atoms with Crippen molar-refractivity contribution in [2.75, 3.05) is 6.16 Å².